The second-order valence-corrected chi connectivity index (χ2v) is 17.2. The summed E-state index contributed by atoms with van der Waals surface area (Å²) in [6, 6.07) is -0.808. The van der Waals surface area contributed by atoms with Crippen LogP contribution in [-0.4, -0.2) is 166 Å². The Balaban J connectivity index is 2.17. The Bertz CT molecular complexity index is 1140. The van der Waals surface area contributed by atoms with E-state index in [1.807, 2.05) is 51.7 Å². The highest BCUT2D eigenvalue weighted by atomic mass is 16.7. The first kappa shape index (κ1) is 45.4. The largest absolute Gasteiger partial charge is 0.459 e. The zero-order chi connectivity index (χ0) is 39.7. The highest BCUT2D eigenvalue weighted by Crippen LogP contribution is 2.40. The summed E-state index contributed by atoms with van der Waals surface area (Å²) < 4.78 is 37.5. The number of rotatable bonds is 7. The second-order valence-electron chi connectivity index (χ2n) is 17.2. The molecule has 0 aliphatic carbocycles. The third-order valence-electron chi connectivity index (χ3n) is 12.2. The number of nitrogens with zero attached hydrogens (tertiary/aromatic N) is 2. The smallest absolute Gasteiger partial charge is 0.311 e. The fourth-order valence-corrected chi connectivity index (χ4v) is 8.74. The maximum atomic E-state index is 14.2. The molecule has 0 aromatic carbocycles. The van der Waals surface area contributed by atoms with Crippen molar-refractivity contribution in [2.24, 2.45) is 17.8 Å². The summed E-state index contributed by atoms with van der Waals surface area (Å²) in [6.45, 7) is 18.0. The Morgan fingerprint density at radius 3 is 2.12 bits per heavy atom. The zero-order valence-electron chi connectivity index (χ0n) is 34.2. The lowest BCUT2D eigenvalue weighted by Gasteiger charge is -2.48. The van der Waals surface area contributed by atoms with Gasteiger partial charge in [0.1, 0.15) is 30.0 Å². The molecule has 0 aromatic rings. The third kappa shape index (κ3) is 10.0. The molecule has 0 spiro atoms. The van der Waals surface area contributed by atoms with Crippen LogP contribution in [0.3, 0.4) is 0 Å². The lowest BCUT2D eigenvalue weighted by Crippen LogP contribution is -2.60. The number of carbonyl (C=O) groups excluding carboxylic acids is 1. The Morgan fingerprint density at radius 2 is 1.56 bits per heavy atom. The van der Waals surface area contributed by atoms with Crippen molar-refractivity contribution in [1.82, 2.24) is 9.80 Å². The number of methoxy groups -OCH3 is 1. The number of aliphatic hydroxyl groups is 5. The number of esters is 1. The number of hydrogen-bond donors (Lipinski definition) is 5. The summed E-state index contributed by atoms with van der Waals surface area (Å²) in [5, 5.41) is 58.1. The Labute approximate surface area is 312 Å². The maximum absolute atomic E-state index is 14.2. The highest BCUT2D eigenvalue weighted by Gasteiger charge is 2.52. The molecule has 14 nitrogen and oxygen atoms in total. The number of hydrogen-bond acceptors (Lipinski definition) is 14. The van der Waals surface area contributed by atoms with Gasteiger partial charge in [-0.2, -0.15) is 0 Å². The van der Waals surface area contributed by atoms with E-state index in [1.165, 1.54) is 14.0 Å². The molecule has 5 N–H and O–H groups in total. The first-order chi connectivity index (χ1) is 23.9. The summed E-state index contributed by atoms with van der Waals surface area (Å²) in [5.74, 6) is -2.58. The number of ether oxygens (including phenoxy) is 6. The van der Waals surface area contributed by atoms with E-state index in [4.69, 9.17) is 28.4 Å². The lowest BCUT2D eigenvalue weighted by atomic mass is 9.77. The van der Waals surface area contributed by atoms with E-state index in [9.17, 15) is 30.3 Å². The predicted octanol–water partition coefficient (Wildman–Crippen LogP) is 1.90. The number of cyclic esters (lactones) is 1. The molecule has 18 atom stereocenters. The summed E-state index contributed by atoms with van der Waals surface area (Å²) in [4.78, 5) is 18.0. The molecule has 3 aliphatic heterocycles. The molecule has 3 rings (SSSR count). The molecule has 3 saturated heterocycles. The average Bonchev–Trinajstić information content (AvgIpc) is 3.05. The van der Waals surface area contributed by atoms with E-state index in [-0.39, 0.29) is 37.3 Å². The van der Waals surface area contributed by atoms with E-state index in [1.54, 1.807) is 41.5 Å². The van der Waals surface area contributed by atoms with Crippen molar-refractivity contribution >= 4 is 5.97 Å². The molecule has 3 unspecified atom stereocenters. The summed E-state index contributed by atoms with van der Waals surface area (Å²) in [5.41, 5.74) is -4.37. The van der Waals surface area contributed by atoms with E-state index in [0.29, 0.717) is 13.0 Å². The standard InChI is InChI=1S/C38H72N2O12/c1-15-27-38(10,46)31(42)24(6)40(13)19-20(2)17-36(8,45)33(52-35-29(41)26(39(11)12)16-21(3)48-35)22(4)30(23(5)34(44)50-27)51-28-18-37(9,47-14)32(43)25(7)49-28/h20-33,35,41-43,45-46H,15-19H2,1-14H3/t20-,21-,22+,23-,24-,25-,26+,27-,28?,29-,30+,31-,32-,33-,35?,36?,37+,38-/m1/s1. The van der Waals surface area contributed by atoms with Gasteiger partial charge in [0.05, 0.1) is 41.5 Å². The minimum Gasteiger partial charge on any atom is -0.459 e. The Hall–Kier alpha value is -1.01. The Morgan fingerprint density at radius 1 is 0.942 bits per heavy atom. The molecule has 3 fully saturated rings. The van der Waals surface area contributed by atoms with Crippen LogP contribution >= 0.6 is 0 Å². The van der Waals surface area contributed by atoms with Gasteiger partial charge in [0, 0.05) is 38.1 Å². The lowest BCUT2D eigenvalue weighted by molar-refractivity contribution is -0.318. The van der Waals surface area contributed by atoms with Crippen LogP contribution in [-0.2, 0) is 33.2 Å². The van der Waals surface area contributed by atoms with Crippen LogP contribution in [0.5, 0.6) is 0 Å². The normalized spacial score (nSPS) is 49.6. The van der Waals surface area contributed by atoms with Crippen LogP contribution in [0, 0.1) is 17.8 Å². The fourth-order valence-electron chi connectivity index (χ4n) is 8.74. The van der Waals surface area contributed by atoms with Crippen molar-refractivity contribution in [3.8, 4) is 0 Å². The molecular weight excluding hydrogens is 676 g/mol. The molecule has 3 heterocycles. The van der Waals surface area contributed by atoms with E-state index >= 15 is 0 Å². The van der Waals surface area contributed by atoms with Crippen LogP contribution in [0.4, 0.5) is 0 Å². The average molecular weight is 749 g/mol. The molecule has 52 heavy (non-hydrogen) atoms. The van der Waals surface area contributed by atoms with Gasteiger partial charge >= 0.3 is 5.97 Å². The molecule has 0 amide bonds. The molecule has 0 bridgehead atoms. The van der Waals surface area contributed by atoms with E-state index in [0.717, 1.165) is 0 Å². The maximum Gasteiger partial charge on any atom is 0.311 e. The molecule has 0 saturated carbocycles. The molecule has 0 aromatic heterocycles. The summed E-state index contributed by atoms with van der Waals surface area (Å²) in [7, 11) is 7.12. The Kier molecular flexibility index (Phi) is 15.6. The molecule has 0 radical (unpaired) electrons. The van der Waals surface area contributed by atoms with E-state index in [2.05, 4.69) is 0 Å². The van der Waals surface area contributed by atoms with Gasteiger partial charge in [-0.15, -0.1) is 0 Å². The van der Waals surface area contributed by atoms with Gasteiger partial charge in [0.25, 0.3) is 0 Å². The van der Waals surface area contributed by atoms with Gasteiger partial charge in [-0.3, -0.25) is 4.79 Å². The fraction of sp³-hybridized carbons (Fsp3) is 0.974. The first-order valence-electron chi connectivity index (χ1n) is 19.1. The van der Waals surface area contributed by atoms with Gasteiger partial charge in [-0.25, -0.2) is 0 Å². The zero-order valence-corrected chi connectivity index (χ0v) is 34.2. The van der Waals surface area contributed by atoms with Gasteiger partial charge in [0.2, 0.25) is 0 Å². The van der Waals surface area contributed by atoms with Gasteiger partial charge < -0.3 is 63.8 Å². The van der Waals surface area contributed by atoms with Crippen LogP contribution < -0.4 is 0 Å². The number of carbonyl (C=O) groups is 1. The monoisotopic (exact) mass is 749 g/mol. The summed E-state index contributed by atoms with van der Waals surface area (Å²) >= 11 is 0. The number of likely N-dealkylation sites (N-methyl/N-ethyl adjacent to an activating group) is 2. The van der Waals surface area contributed by atoms with Crippen molar-refractivity contribution in [2.45, 2.75) is 185 Å². The highest BCUT2D eigenvalue weighted by molar-refractivity contribution is 5.73. The first-order valence-corrected chi connectivity index (χ1v) is 19.1. The minimum atomic E-state index is -1.80. The molecular formula is C38H72N2O12. The second kappa shape index (κ2) is 17.8. The van der Waals surface area contributed by atoms with Gasteiger partial charge in [0.15, 0.2) is 12.6 Å². The topological polar surface area (TPSA) is 180 Å². The van der Waals surface area contributed by atoms with Crippen molar-refractivity contribution in [3.05, 3.63) is 0 Å². The quantitative estimate of drug-likeness (QED) is 0.238. The van der Waals surface area contributed by atoms with Crippen LogP contribution in [0.25, 0.3) is 0 Å². The van der Waals surface area contributed by atoms with Crippen molar-refractivity contribution in [3.63, 3.8) is 0 Å². The summed E-state index contributed by atoms with van der Waals surface area (Å²) in [6.07, 6.45) is -8.19. The molecule has 3 aliphatic rings. The van der Waals surface area contributed by atoms with E-state index < -0.39 is 96.0 Å². The van der Waals surface area contributed by atoms with Crippen LogP contribution in [0.15, 0.2) is 0 Å². The molecule has 306 valence electrons. The van der Waals surface area contributed by atoms with Crippen LogP contribution in [0.1, 0.15) is 94.9 Å². The third-order valence-corrected chi connectivity index (χ3v) is 12.2. The van der Waals surface area contributed by atoms with Crippen molar-refractivity contribution < 1.29 is 58.7 Å². The predicted molar refractivity (Wildman–Crippen MR) is 194 cm³/mol. The van der Waals surface area contributed by atoms with Crippen molar-refractivity contribution in [1.29, 1.82) is 0 Å². The van der Waals surface area contributed by atoms with Gasteiger partial charge in [-0.05, 0) is 94.8 Å². The number of aliphatic hydroxyl groups excluding tert-OH is 3. The van der Waals surface area contributed by atoms with Crippen LogP contribution in [0.2, 0.25) is 0 Å². The minimum absolute atomic E-state index is 0.133. The van der Waals surface area contributed by atoms with Gasteiger partial charge in [-0.1, -0.05) is 20.8 Å². The van der Waals surface area contributed by atoms with Crippen molar-refractivity contribution in [2.75, 3.05) is 34.8 Å². The SMILES string of the molecule is CC[C@H]1OC(=O)[C@H](C)[C@@H](OC2C[C@](C)(OC)[C@H](O)[C@@H](C)O2)[C@H](C)[C@@H](OC2O[C@H](C)C[C@H](N(C)C)[C@H]2O)C(C)(O)C[C@@H](C)CN(C)[C@H](C)[C@@H](O)[C@]1(C)O. The molecule has 14 heteroatoms.